The lowest BCUT2D eigenvalue weighted by molar-refractivity contribution is 0.458. The summed E-state index contributed by atoms with van der Waals surface area (Å²) in [4.78, 5) is 29.6. The number of nitrogens with two attached hydrogens (primary N) is 1. The van der Waals surface area contributed by atoms with Crippen LogP contribution in [0.5, 0.6) is 0 Å². The molecule has 1 aromatic heterocycles. The van der Waals surface area contributed by atoms with Gasteiger partial charge in [0.05, 0.1) is 13.1 Å². The molecule has 9 heteroatoms. The Hall–Kier alpha value is -4.08. The van der Waals surface area contributed by atoms with Gasteiger partial charge >= 0.3 is 5.69 Å². The summed E-state index contributed by atoms with van der Waals surface area (Å²) in [5, 5.41) is 3.48. The summed E-state index contributed by atoms with van der Waals surface area (Å²) in [7, 11) is 0. The Balaban J connectivity index is 1.62. The van der Waals surface area contributed by atoms with Crippen LogP contribution in [0.3, 0.4) is 0 Å². The Labute approximate surface area is 225 Å². The Morgan fingerprint density at radius 2 is 1.56 bits per heavy atom. The van der Waals surface area contributed by atoms with Gasteiger partial charge in [0.1, 0.15) is 17.3 Å². The van der Waals surface area contributed by atoms with Gasteiger partial charge in [-0.3, -0.25) is 13.9 Å². The van der Waals surface area contributed by atoms with Gasteiger partial charge in [-0.1, -0.05) is 66.7 Å². The van der Waals surface area contributed by atoms with Gasteiger partial charge in [0.25, 0.3) is 5.56 Å². The minimum absolute atomic E-state index is 0.0387. The molecule has 1 saturated heterocycles. The third kappa shape index (κ3) is 5.41. The summed E-state index contributed by atoms with van der Waals surface area (Å²) in [6, 6.07) is 22.0. The third-order valence-electron chi connectivity index (χ3n) is 7.34. The number of hydrogen-bond acceptors (Lipinski definition) is 5. The van der Waals surface area contributed by atoms with Gasteiger partial charge in [0.2, 0.25) is 0 Å². The normalized spacial score (nSPS) is 16.3. The lowest BCUT2D eigenvalue weighted by atomic mass is 10.0. The highest BCUT2D eigenvalue weighted by molar-refractivity contribution is 5.50. The largest absolute Gasteiger partial charge is 0.362 e. The first-order chi connectivity index (χ1) is 18.8. The molecule has 1 fully saturated rings. The Morgan fingerprint density at radius 1 is 0.923 bits per heavy atom. The molecule has 2 unspecified atom stereocenters. The smallest absolute Gasteiger partial charge is 0.331 e. The minimum Gasteiger partial charge on any atom is -0.362 e. The van der Waals surface area contributed by atoms with Crippen LogP contribution in [0.25, 0.3) is 0 Å². The van der Waals surface area contributed by atoms with Crippen LogP contribution in [-0.2, 0) is 13.1 Å². The molecule has 202 valence electrons. The van der Waals surface area contributed by atoms with Crippen molar-refractivity contribution >= 4 is 5.69 Å². The van der Waals surface area contributed by atoms with E-state index in [4.69, 9.17) is 5.73 Å². The van der Waals surface area contributed by atoms with E-state index in [0.29, 0.717) is 31.0 Å². The van der Waals surface area contributed by atoms with Gasteiger partial charge in [0.15, 0.2) is 0 Å². The fourth-order valence-electron chi connectivity index (χ4n) is 5.20. The van der Waals surface area contributed by atoms with Crippen LogP contribution in [0.15, 0.2) is 88.5 Å². The predicted octanol–water partition coefficient (Wildman–Crippen LogP) is 3.50. The van der Waals surface area contributed by atoms with E-state index >= 15 is 0 Å². The highest BCUT2D eigenvalue weighted by Crippen LogP contribution is 2.24. The van der Waals surface area contributed by atoms with Crippen LogP contribution in [0, 0.1) is 18.6 Å². The topological polar surface area (TPSA) is 85.3 Å². The molecule has 0 aliphatic carbocycles. The summed E-state index contributed by atoms with van der Waals surface area (Å²) in [5.74, 6) is -1.51. The fraction of sp³-hybridized carbons (Fsp3) is 0.267. The lowest BCUT2D eigenvalue weighted by Crippen LogP contribution is -2.51. The number of nitrogens with zero attached hydrogens (tertiary/aromatic N) is 3. The first kappa shape index (κ1) is 26.5. The molecule has 3 N–H and O–H groups in total. The molecule has 0 saturated carbocycles. The van der Waals surface area contributed by atoms with Gasteiger partial charge in [-0.15, -0.1) is 0 Å². The zero-order valence-electron chi connectivity index (χ0n) is 21.7. The van der Waals surface area contributed by atoms with Crippen molar-refractivity contribution in [2.24, 2.45) is 5.73 Å². The summed E-state index contributed by atoms with van der Waals surface area (Å²) in [5.41, 5.74) is 7.58. The molecular formula is C30H31F2N5O2. The van der Waals surface area contributed by atoms with Crippen LogP contribution in [0.4, 0.5) is 14.5 Å². The second kappa shape index (κ2) is 11.3. The van der Waals surface area contributed by atoms with E-state index in [1.54, 1.807) is 6.92 Å². The van der Waals surface area contributed by atoms with Crippen LogP contribution < -0.4 is 27.2 Å². The Bertz CT molecular complexity index is 1550. The fourth-order valence-corrected chi connectivity index (χ4v) is 5.20. The zero-order chi connectivity index (χ0) is 27.5. The second-order valence-corrected chi connectivity index (χ2v) is 9.80. The molecule has 0 spiro atoms. The van der Waals surface area contributed by atoms with E-state index in [0.717, 1.165) is 27.8 Å². The molecule has 7 nitrogen and oxygen atoms in total. The van der Waals surface area contributed by atoms with Crippen molar-refractivity contribution in [2.75, 3.05) is 24.5 Å². The number of aromatic nitrogens is 2. The molecule has 2 heterocycles. The van der Waals surface area contributed by atoms with Crippen LogP contribution in [0.1, 0.15) is 34.5 Å². The number of hydrogen-bond donors (Lipinski definition) is 2. The van der Waals surface area contributed by atoms with Crippen molar-refractivity contribution in [1.82, 2.24) is 14.5 Å². The van der Waals surface area contributed by atoms with Gasteiger partial charge < -0.3 is 16.0 Å². The van der Waals surface area contributed by atoms with Crippen molar-refractivity contribution in [3.63, 3.8) is 0 Å². The minimum atomic E-state index is -0.757. The highest BCUT2D eigenvalue weighted by atomic mass is 19.1. The molecule has 0 bridgehead atoms. The molecule has 0 radical (unpaired) electrons. The Morgan fingerprint density at radius 3 is 2.23 bits per heavy atom. The maximum atomic E-state index is 14.6. The summed E-state index contributed by atoms with van der Waals surface area (Å²) >= 11 is 0. The van der Waals surface area contributed by atoms with E-state index in [9.17, 15) is 18.4 Å². The van der Waals surface area contributed by atoms with Crippen molar-refractivity contribution in [1.29, 1.82) is 0 Å². The monoisotopic (exact) mass is 531 g/mol. The average Bonchev–Trinajstić information content (AvgIpc) is 2.96. The first-order valence-electron chi connectivity index (χ1n) is 13.0. The molecule has 0 amide bonds. The molecule has 3 aromatic carbocycles. The predicted molar refractivity (Wildman–Crippen MR) is 148 cm³/mol. The molecule has 1 aliphatic rings. The zero-order valence-corrected chi connectivity index (χ0v) is 21.7. The van der Waals surface area contributed by atoms with Crippen LogP contribution in [-0.4, -0.2) is 28.8 Å². The van der Waals surface area contributed by atoms with E-state index < -0.39 is 28.9 Å². The molecule has 1 aliphatic heterocycles. The second-order valence-electron chi connectivity index (χ2n) is 9.80. The molecular weight excluding hydrogens is 500 g/mol. The average molecular weight is 532 g/mol. The van der Waals surface area contributed by atoms with E-state index in [2.05, 4.69) is 5.32 Å². The summed E-state index contributed by atoms with van der Waals surface area (Å²) < 4.78 is 31.7. The van der Waals surface area contributed by atoms with E-state index in [1.807, 2.05) is 65.6 Å². The standard InChI is InChI=1S/C30H31F2N5O2/c1-20-28(35-16-15-34-27(19-35)22-11-6-3-7-12-22)29(38)37(18-26(33)21-9-4-2-5-10-21)30(39)36(20)17-23-24(31)13-8-14-25(23)32/h2-14,26-27,34H,15-19,33H2,1H3. The maximum Gasteiger partial charge on any atom is 0.331 e. The highest BCUT2D eigenvalue weighted by Gasteiger charge is 2.28. The number of halogens is 2. The molecule has 2 atom stereocenters. The van der Waals surface area contributed by atoms with E-state index in [1.165, 1.54) is 10.6 Å². The van der Waals surface area contributed by atoms with Crippen molar-refractivity contribution in [2.45, 2.75) is 32.1 Å². The van der Waals surface area contributed by atoms with Crippen LogP contribution in [0.2, 0.25) is 0 Å². The first-order valence-corrected chi connectivity index (χ1v) is 13.0. The number of benzene rings is 3. The number of piperazine rings is 1. The van der Waals surface area contributed by atoms with Crippen molar-refractivity contribution in [3.05, 3.63) is 134 Å². The number of anilines is 1. The van der Waals surface area contributed by atoms with E-state index in [-0.39, 0.29) is 24.7 Å². The van der Waals surface area contributed by atoms with Crippen molar-refractivity contribution in [3.8, 4) is 0 Å². The lowest BCUT2D eigenvalue weighted by Gasteiger charge is -2.36. The van der Waals surface area contributed by atoms with Gasteiger partial charge in [0, 0.05) is 43.0 Å². The molecule has 4 aromatic rings. The SMILES string of the molecule is Cc1c(N2CCNC(c3ccccc3)C2)c(=O)n(CC(N)c2ccccc2)c(=O)n1Cc1c(F)cccc1F. The molecule has 39 heavy (non-hydrogen) atoms. The van der Waals surface area contributed by atoms with Gasteiger partial charge in [-0.25, -0.2) is 13.6 Å². The number of rotatable bonds is 7. The third-order valence-corrected chi connectivity index (χ3v) is 7.34. The Kier molecular flexibility index (Phi) is 7.72. The summed E-state index contributed by atoms with van der Waals surface area (Å²) in [6.45, 7) is 2.84. The number of nitrogens with one attached hydrogen (secondary N) is 1. The summed E-state index contributed by atoms with van der Waals surface area (Å²) in [6.07, 6.45) is 0. The van der Waals surface area contributed by atoms with Gasteiger partial charge in [-0.05, 0) is 30.2 Å². The molecule has 5 rings (SSSR count). The quantitative estimate of drug-likeness (QED) is 0.382. The maximum absolute atomic E-state index is 14.6. The van der Waals surface area contributed by atoms with Gasteiger partial charge in [-0.2, -0.15) is 0 Å². The van der Waals surface area contributed by atoms with Crippen molar-refractivity contribution < 1.29 is 8.78 Å². The van der Waals surface area contributed by atoms with Crippen LogP contribution >= 0.6 is 0 Å².